The van der Waals surface area contributed by atoms with Gasteiger partial charge in [0.15, 0.2) is 0 Å². The molecule has 0 radical (unpaired) electrons. The SMILES string of the molecule is COC(=O)[C@@](C)(N)c1ccc(Br)cc1.Cl. The van der Waals surface area contributed by atoms with Crippen LogP contribution in [0.2, 0.25) is 0 Å². The summed E-state index contributed by atoms with van der Waals surface area (Å²) in [6.07, 6.45) is 0. The molecule has 0 saturated heterocycles. The van der Waals surface area contributed by atoms with Gasteiger partial charge in [-0.15, -0.1) is 12.4 Å². The molecule has 0 aliphatic carbocycles. The number of hydrogen-bond acceptors (Lipinski definition) is 3. The van der Waals surface area contributed by atoms with Crippen LogP contribution in [0.5, 0.6) is 0 Å². The number of halogens is 2. The molecular weight excluding hydrogens is 281 g/mol. The second kappa shape index (κ2) is 5.49. The van der Waals surface area contributed by atoms with Crippen LogP contribution in [0, 0.1) is 0 Å². The number of ether oxygens (including phenoxy) is 1. The third kappa shape index (κ3) is 3.19. The first-order valence-electron chi connectivity index (χ1n) is 4.12. The lowest BCUT2D eigenvalue weighted by Crippen LogP contribution is -2.42. The van der Waals surface area contributed by atoms with Crippen molar-refractivity contribution >= 4 is 34.3 Å². The molecule has 0 bridgehead atoms. The first-order chi connectivity index (χ1) is 6.48. The summed E-state index contributed by atoms with van der Waals surface area (Å²) in [6, 6.07) is 7.26. The smallest absolute Gasteiger partial charge is 0.330 e. The third-order valence-electron chi connectivity index (χ3n) is 2.05. The molecular formula is C10H13BrClNO2. The van der Waals surface area contributed by atoms with Gasteiger partial charge in [0.25, 0.3) is 0 Å². The Morgan fingerprint density at radius 3 is 2.27 bits per heavy atom. The summed E-state index contributed by atoms with van der Waals surface area (Å²) in [7, 11) is 1.33. The van der Waals surface area contributed by atoms with E-state index in [9.17, 15) is 4.79 Å². The Morgan fingerprint density at radius 2 is 1.87 bits per heavy atom. The van der Waals surface area contributed by atoms with E-state index in [4.69, 9.17) is 5.73 Å². The molecule has 0 fully saturated rings. The van der Waals surface area contributed by atoms with E-state index in [-0.39, 0.29) is 12.4 Å². The summed E-state index contributed by atoms with van der Waals surface area (Å²) in [4.78, 5) is 11.4. The molecule has 0 amide bonds. The van der Waals surface area contributed by atoms with Crippen molar-refractivity contribution < 1.29 is 9.53 Å². The largest absolute Gasteiger partial charge is 0.467 e. The van der Waals surface area contributed by atoms with E-state index in [0.29, 0.717) is 0 Å². The van der Waals surface area contributed by atoms with Crippen LogP contribution >= 0.6 is 28.3 Å². The molecule has 0 aliphatic heterocycles. The average Bonchev–Trinajstić information content (AvgIpc) is 2.17. The minimum atomic E-state index is -1.09. The quantitative estimate of drug-likeness (QED) is 0.851. The minimum Gasteiger partial charge on any atom is -0.467 e. The lowest BCUT2D eigenvalue weighted by Gasteiger charge is -2.21. The Bertz CT molecular complexity index is 338. The summed E-state index contributed by atoms with van der Waals surface area (Å²) in [5.41, 5.74) is 5.49. The van der Waals surface area contributed by atoms with Gasteiger partial charge in [0.1, 0.15) is 5.54 Å². The highest BCUT2D eigenvalue weighted by Gasteiger charge is 2.31. The van der Waals surface area contributed by atoms with Crippen molar-refractivity contribution in [3.63, 3.8) is 0 Å². The molecule has 3 nitrogen and oxygen atoms in total. The van der Waals surface area contributed by atoms with Gasteiger partial charge in [0.2, 0.25) is 0 Å². The lowest BCUT2D eigenvalue weighted by molar-refractivity contribution is -0.146. The van der Waals surface area contributed by atoms with E-state index in [1.54, 1.807) is 19.1 Å². The van der Waals surface area contributed by atoms with Crippen LogP contribution in [-0.2, 0) is 15.1 Å². The molecule has 1 atom stereocenters. The number of methoxy groups -OCH3 is 1. The topological polar surface area (TPSA) is 52.3 Å². The van der Waals surface area contributed by atoms with Gasteiger partial charge in [0.05, 0.1) is 7.11 Å². The fourth-order valence-electron chi connectivity index (χ4n) is 1.13. The maximum atomic E-state index is 11.4. The van der Waals surface area contributed by atoms with Gasteiger partial charge in [-0.25, -0.2) is 4.79 Å². The molecule has 0 aromatic heterocycles. The lowest BCUT2D eigenvalue weighted by atomic mass is 9.93. The minimum absolute atomic E-state index is 0. The van der Waals surface area contributed by atoms with Crippen molar-refractivity contribution in [2.24, 2.45) is 5.73 Å². The van der Waals surface area contributed by atoms with Gasteiger partial charge in [-0.3, -0.25) is 0 Å². The Hall–Kier alpha value is -0.580. The van der Waals surface area contributed by atoms with Crippen LogP contribution in [0.15, 0.2) is 28.7 Å². The zero-order chi connectivity index (χ0) is 10.8. The molecule has 1 rings (SSSR count). The monoisotopic (exact) mass is 293 g/mol. The number of carbonyl (C=O) groups is 1. The van der Waals surface area contributed by atoms with E-state index in [0.717, 1.165) is 10.0 Å². The van der Waals surface area contributed by atoms with E-state index in [1.165, 1.54) is 7.11 Å². The highest BCUT2D eigenvalue weighted by molar-refractivity contribution is 9.10. The zero-order valence-electron chi connectivity index (χ0n) is 8.49. The van der Waals surface area contributed by atoms with Crippen molar-refractivity contribution in [3.05, 3.63) is 34.3 Å². The van der Waals surface area contributed by atoms with E-state index in [2.05, 4.69) is 20.7 Å². The van der Waals surface area contributed by atoms with Crippen molar-refractivity contribution in [1.29, 1.82) is 0 Å². The van der Waals surface area contributed by atoms with Crippen molar-refractivity contribution in [1.82, 2.24) is 0 Å². The highest BCUT2D eigenvalue weighted by Crippen LogP contribution is 2.21. The molecule has 1 aromatic rings. The number of nitrogens with two attached hydrogens (primary N) is 1. The molecule has 15 heavy (non-hydrogen) atoms. The second-order valence-corrected chi connectivity index (χ2v) is 4.12. The second-order valence-electron chi connectivity index (χ2n) is 3.20. The van der Waals surface area contributed by atoms with Gasteiger partial charge in [-0.1, -0.05) is 28.1 Å². The summed E-state index contributed by atoms with van der Waals surface area (Å²) in [5.74, 6) is -0.445. The average molecular weight is 295 g/mol. The van der Waals surface area contributed by atoms with Gasteiger partial charge >= 0.3 is 5.97 Å². The van der Waals surface area contributed by atoms with E-state index >= 15 is 0 Å². The molecule has 2 N–H and O–H groups in total. The number of benzene rings is 1. The van der Waals surface area contributed by atoms with Gasteiger partial charge < -0.3 is 10.5 Å². The Kier molecular flexibility index (Phi) is 5.28. The molecule has 0 spiro atoms. The Morgan fingerprint density at radius 1 is 1.40 bits per heavy atom. The van der Waals surface area contributed by atoms with Crippen LogP contribution in [0.3, 0.4) is 0 Å². The van der Waals surface area contributed by atoms with Crippen LogP contribution in [0.1, 0.15) is 12.5 Å². The highest BCUT2D eigenvalue weighted by atomic mass is 79.9. The third-order valence-corrected chi connectivity index (χ3v) is 2.58. The molecule has 0 aliphatic rings. The van der Waals surface area contributed by atoms with Crippen LogP contribution < -0.4 is 5.73 Å². The zero-order valence-corrected chi connectivity index (χ0v) is 10.9. The molecule has 5 heteroatoms. The van der Waals surface area contributed by atoms with Crippen LogP contribution in [0.4, 0.5) is 0 Å². The van der Waals surface area contributed by atoms with Crippen LogP contribution in [-0.4, -0.2) is 13.1 Å². The molecule has 1 aromatic carbocycles. The normalized spacial score (nSPS) is 13.6. The standard InChI is InChI=1S/C10H12BrNO2.ClH/c1-10(12,9(13)14-2)7-3-5-8(11)6-4-7;/h3-6H,12H2,1-2H3;1H/t10-;/m0./s1. The predicted octanol–water partition coefficient (Wildman–Crippen LogP) is 2.22. The first kappa shape index (κ1) is 14.4. The van der Waals surface area contributed by atoms with Gasteiger partial charge in [0, 0.05) is 4.47 Å². The van der Waals surface area contributed by atoms with Crippen LogP contribution in [0.25, 0.3) is 0 Å². The van der Waals surface area contributed by atoms with Crippen molar-refractivity contribution in [2.45, 2.75) is 12.5 Å². The number of esters is 1. The summed E-state index contributed by atoms with van der Waals surface area (Å²) in [6.45, 7) is 1.63. The van der Waals surface area contributed by atoms with Gasteiger partial charge in [-0.2, -0.15) is 0 Å². The Labute approximate surface area is 104 Å². The number of carbonyl (C=O) groups excluding carboxylic acids is 1. The van der Waals surface area contributed by atoms with Crippen molar-refractivity contribution in [3.8, 4) is 0 Å². The molecule has 0 unspecified atom stereocenters. The maximum Gasteiger partial charge on any atom is 0.330 e. The molecule has 0 heterocycles. The van der Waals surface area contributed by atoms with E-state index < -0.39 is 11.5 Å². The number of hydrogen-bond donors (Lipinski definition) is 1. The maximum absolute atomic E-state index is 11.4. The summed E-state index contributed by atoms with van der Waals surface area (Å²) < 4.78 is 5.57. The molecule has 84 valence electrons. The van der Waals surface area contributed by atoms with Crippen molar-refractivity contribution in [2.75, 3.05) is 7.11 Å². The first-order valence-corrected chi connectivity index (χ1v) is 4.91. The Balaban J connectivity index is 0.00000196. The fraction of sp³-hybridized carbons (Fsp3) is 0.300. The summed E-state index contributed by atoms with van der Waals surface area (Å²) >= 11 is 3.31. The summed E-state index contributed by atoms with van der Waals surface area (Å²) in [5, 5.41) is 0. The fourth-order valence-corrected chi connectivity index (χ4v) is 1.39. The number of rotatable bonds is 2. The van der Waals surface area contributed by atoms with E-state index in [1.807, 2.05) is 12.1 Å². The molecule has 0 saturated carbocycles. The predicted molar refractivity (Wildman–Crippen MR) is 64.9 cm³/mol. The van der Waals surface area contributed by atoms with Gasteiger partial charge in [-0.05, 0) is 24.6 Å².